The topological polar surface area (TPSA) is 49.3 Å². The summed E-state index contributed by atoms with van der Waals surface area (Å²) in [5, 5.41) is 12.0. The molecule has 0 spiro atoms. The average Bonchev–Trinajstić information content (AvgIpc) is 2.35. The van der Waals surface area contributed by atoms with Gasteiger partial charge in [0, 0.05) is 11.3 Å². The normalized spacial score (nSPS) is 10.1. The molecule has 0 atom stereocenters. The van der Waals surface area contributed by atoms with Crippen LogP contribution in [-0.4, -0.2) is 11.0 Å². The molecule has 0 radical (unpaired) electrons. The number of carbonyl (C=O) groups is 1. The Balaban J connectivity index is 2.22. The van der Waals surface area contributed by atoms with Gasteiger partial charge in [0.1, 0.15) is 5.75 Å². The summed E-state index contributed by atoms with van der Waals surface area (Å²) in [6, 6.07) is 12.1. The first-order chi connectivity index (χ1) is 8.58. The minimum atomic E-state index is -0.137. The smallest absolute Gasteiger partial charge is 0.255 e. The van der Waals surface area contributed by atoms with Crippen LogP contribution >= 0.6 is 0 Å². The number of hydrogen-bond acceptors (Lipinski definition) is 2. The summed E-state index contributed by atoms with van der Waals surface area (Å²) in [6.45, 7) is 3.91. The molecule has 0 saturated carbocycles. The van der Waals surface area contributed by atoms with Gasteiger partial charge in [-0.1, -0.05) is 12.1 Å². The van der Waals surface area contributed by atoms with Gasteiger partial charge >= 0.3 is 0 Å². The molecule has 2 N–H and O–H groups in total. The van der Waals surface area contributed by atoms with Crippen LogP contribution in [0.1, 0.15) is 21.5 Å². The zero-order valence-electron chi connectivity index (χ0n) is 10.4. The first-order valence-corrected chi connectivity index (χ1v) is 5.74. The fourth-order valence-corrected chi connectivity index (χ4v) is 1.74. The second kappa shape index (κ2) is 4.92. The molecule has 0 aliphatic rings. The highest BCUT2D eigenvalue weighted by atomic mass is 16.3. The zero-order valence-corrected chi connectivity index (χ0v) is 10.4. The summed E-state index contributed by atoms with van der Waals surface area (Å²) < 4.78 is 0. The maximum absolute atomic E-state index is 12.1. The molecule has 92 valence electrons. The van der Waals surface area contributed by atoms with Gasteiger partial charge < -0.3 is 10.4 Å². The lowest BCUT2D eigenvalue weighted by Gasteiger charge is -2.09. The van der Waals surface area contributed by atoms with Crippen LogP contribution in [0.25, 0.3) is 0 Å². The number of phenolic OH excluding ortho intramolecular Hbond substituents is 1. The number of rotatable bonds is 2. The van der Waals surface area contributed by atoms with Crippen LogP contribution in [0, 0.1) is 13.8 Å². The van der Waals surface area contributed by atoms with E-state index in [4.69, 9.17) is 0 Å². The van der Waals surface area contributed by atoms with E-state index in [-0.39, 0.29) is 11.7 Å². The lowest BCUT2D eigenvalue weighted by atomic mass is 10.0. The second-order valence-electron chi connectivity index (χ2n) is 4.25. The van der Waals surface area contributed by atoms with E-state index in [1.807, 2.05) is 26.0 Å². The van der Waals surface area contributed by atoms with Crippen molar-refractivity contribution in [3.8, 4) is 5.75 Å². The summed E-state index contributed by atoms with van der Waals surface area (Å²) >= 11 is 0. The number of aryl methyl sites for hydroxylation is 1. The zero-order chi connectivity index (χ0) is 13.1. The molecular formula is C15H15NO2. The first kappa shape index (κ1) is 12.2. The molecule has 0 fully saturated rings. The molecule has 0 aliphatic heterocycles. The largest absolute Gasteiger partial charge is 0.508 e. The van der Waals surface area contributed by atoms with Crippen LogP contribution in [0.2, 0.25) is 0 Å². The van der Waals surface area contributed by atoms with Gasteiger partial charge in [0.25, 0.3) is 5.91 Å². The van der Waals surface area contributed by atoms with Crippen molar-refractivity contribution < 1.29 is 9.90 Å². The van der Waals surface area contributed by atoms with Crippen LogP contribution in [0.15, 0.2) is 42.5 Å². The number of amides is 1. The fraction of sp³-hybridized carbons (Fsp3) is 0.133. The summed E-state index contributed by atoms with van der Waals surface area (Å²) in [4.78, 5) is 12.1. The molecule has 0 aromatic heterocycles. The number of phenols is 1. The molecule has 1 amide bonds. The number of anilines is 1. The monoisotopic (exact) mass is 241 g/mol. The van der Waals surface area contributed by atoms with Crippen LogP contribution < -0.4 is 5.32 Å². The van der Waals surface area contributed by atoms with Crippen molar-refractivity contribution in [3.63, 3.8) is 0 Å². The molecule has 2 rings (SSSR count). The molecule has 3 nitrogen and oxygen atoms in total. The van der Waals surface area contributed by atoms with Crippen molar-refractivity contribution in [2.45, 2.75) is 13.8 Å². The third kappa shape index (κ3) is 2.51. The Labute approximate surface area is 106 Å². The Morgan fingerprint density at radius 2 is 1.72 bits per heavy atom. The lowest BCUT2D eigenvalue weighted by molar-refractivity contribution is 0.102. The first-order valence-electron chi connectivity index (χ1n) is 5.74. The molecule has 0 bridgehead atoms. The number of benzene rings is 2. The maximum atomic E-state index is 12.1. The van der Waals surface area contributed by atoms with Crippen LogP contribution in [0.3, 0.4) is 0 Å². The second-order valence-corrected chi connectivity index (χ2v) is 4.25. The lowest BCUT2D eigenvalue weighted by Crippen LogP contribution is -2.13. The van der Waals surface area contributed by atoms with E-state index in [2.05, 4.69) is 5.32 Å². The predicted molar refractivity (Wildman–Crippen MR) is 72.0 cm³/mol. The van der Waals surface area contributed by atoms with E-state index in [1.54, 1.807) is 30.3 Å². The molecule has 0 heterocycles. The Kier molecular flexibility index (Phi) is 3.33. The third-order valence-electron chi connectivity index (χ3n) is 2.97. The van der Waals surface area contributed by atoms with E-state index in [9.17, 15) is 9.90 Å². The Morgan fingerprint density at radius 3 is 2.39 bits per heavy atom. The highest BCUT2D eigenvalue weighted by molar-refractivity contribution is 6.05. The quantitative estimate of drug-likeness (QED) is 0.793. The van der Waals surface area contributed by atoms with Crippen LogP contribution in [0.4, 0.5) is 5.69 Å². The van der Waals surface area contributed by atoms with Crippen molar-refractivity contribution in [1.82, 2.24) is 0 Å². The van der Waals surface area contributed by atoms with E-state index in [1.165, 1.54) is 0 Å². The molecule has 2 aromatic rings. The van der Waals surface area contributed by atoms with Gasteiger partial charge in [-0.3, -0.25) is 4.79 Å². The van der Waals surface area contributed by atoms with E-state index in [0.717, 1.165) is 11.1 Å². The Morgan fingerprint density at radius 1 is 1.06 bits per heavy atom. The van der Waals surface area contributed by atoms with Crippen molar-refractivity contribution >= 4 is 11.6 Å². The van der Waals surface area contributed by atoms with Gasteiger partial charge in [-0.15, -0.1) is 0 Å². The van der Waals surface area contributed by atoms with Gasteiger partial charge in [-0.2, -0.15) is 0 Å². The molecule has 18 heavy (non-hydrogen) atoms. The van der Waals surface area contributed by atoms with Gasteiger partial charge in [0.05, 0.1) is 0 Å². The molecule has 2 aromatic carbocycles. The van der Waals surface area contributed by atoms with Crippen molar-refractivity contribution in [2.24, 2.45) is 0 Å². The van der Waals surface area contributed by atoms with Gasteiger partial charge in [-0.05, 0) is 55.3 Å². The summed E-state index contributed by atoms with van der Waals surface area (Å²) in [6.07, 6.45) is 0. The highest BCUT2D eigenvalue weighted by Gasteiger charge is 2.10. The summed E-state index contributed by atoms with van der Waals surface area (Å²) in [7, 11) is 0. The van der Waals surface area contributed by atoms with Crippen LogP contribution in [-0.2, 0) is 0 Å². The Hall–Kier alpha value is -2.29. The summed E-state index contributed by atoms with van der Waals surface area (Å²) in [5.74, 6) is 0.0432. The number of hydrogen-bond donors (Lipinski definition) is 2. The number of aromatic hydroxyl groups is 1. The van der Waals surface area contributed by atoms with Crippen LogP contribution in [0.5, 0.6) is 5.75 Å². The minimum absolute atomic E-state index is 0.137. The molecule has 0 aliphatic carbocycles. The average molecular weight is 241 g/mol. The number of nitrogens with one attached hydrogen (secondary N) is 1. The van der Waals surface area contributed by atoms with Crippen molar-refractivity contribution in [2.75, 3.05) is 5.32 Å². The SMILES string of the molecule is Cc1cccc(C(=O)Nc2ccc(O)cc2)c1C. The summed E-state index contributed by atoms with van der Waals surface area (Å²) in [5.41, 5.74) is 3.41. The van der Waals surface area contributed by atoms with E-state index in [0.29, 0.717) is 11.3 Å². The maximum Gasteiger partial charge on any atom is 0.255 e. The highest BCUT2D eigenvalue weighted by Crippen LogP contribution is 2.17. The predicted octanol–water partition coefficient (Wildman–Crippen LogP) is 3.26. The molecular weight excluding hydrogens is 226 g/mol. The van der Waals surface area contributed by atoms with E-state index < -0.39 is 0 Å². The Bertz CT molecular complexity index is 574. The van der Waals surface area contributed by atoms with Crippen molar-refractivity contribution in [1.29, 1.82) is 0 Å². The molecule has 3 heteroatoms. The van der Waals surface area contributed by atoms with Gasteiger partial charge in [0.15, 0.2) is 0 Å². The third-order valence-corrected chi connectivity index (χ3v) is 2.97. The van der Waals surface area contributed by atoms with E-state index >= 15 is 0 Å². The molecule has 0 saturated heterocycles. The standard InChI is InChI=1S/C15H15NO2/c1-10-4-3-5-14(11(10)2)15(18)16-12-6-8-13(17)9-7-12/h3-9,17H,1-2H3,(H,16,18). The minimum Gasteiger partial charge on any atom is -0.508 e. The van der Waals surface area contributed by atoms with Gasteiger partial charge in [-0.25, -0.2) is 0 Å². The fourth-order valence-electron chi connectivity index (χ4n) is 1.74. The van der Waals surface area contributed by atoms with Crippen molar-refractivity contribution in [3.05, 3.63) is 59.2 Å². The number of carbonyl (C=O) groups excluding carboxylic acids is 1. The molecule has 0 unspecified atom stereocenters. The van der Waals surface area contributed by atoms with Gasteiger partial charge in [0.2, 0.25) is 0 Å².